The normalized spacial score (nSPS) is 19.9. The number of hydrogen-bond acceptors (Lipinski definition) is 5. The third-order valence-electron chi connectivity index (χ3n) is 3.12. The Morgan fingerprint density at radius 1 is 1.59 bits per heavy atom. The number of aliphatic hydroxyl groups is 1. The van der Waals surface area contributed by atoms with Crippen LogP contribution in [0, 0.1) is 12.8 Å². The van der Waals surface area contributed by atoms with E-state index in [0.717, 1.165) is 43.3 Å². The molecule has 0 radical (unpaired) electrons. The largest absolute Gasteiger partial charge is 0.391 e. The number of anilines is 1. The Hall–Kier alpha value is -1.20. The summed E-state index contributed by atoms with van der Waals surface area (Å²) < 4.78 is 5.18. The predicted octanol–water partition coefficient (Wildman–Crippen LogP) is 0.750. The molecule has 1 aliphatic heterocycles. The minimum absolute atomic E-state index is 0.0128. The number of hydrogen-bond donors (Lipinski definition) is 1. The van der Waals surface area contributed by atoms with Gasteiger partial charge in [0.05, 0.1) is 13.2 Å². The third kappa shape index (κ3) is 2.73. The van der Waals surface area contributed by atoms with Gasteiger partial charge in [0.15, 0.2) is 0 Å². The number of nitrogens with zero attached hydrogens (tertiary/aromatic N) is 3. The van der Waals surface area contributed by atoms with Crippen LogP contribution in [0.5, 0.6) is 0 Å². The van der Waals surface area contributed by atoms with E-state index in [9.17, 15) is 5.11 Å². The SMILES string of the molecule is COCC1CCN(c2nc(C)ncc2CO)C1. The minimum atomic E-state index is -0.0128. The van der Waals surface area contributed by atoms with Crippen LogP contribution in [-0.4, -0.2) is 41.9 Å². The van der Waals surface area contributed by atoms with E-state index >= 15 is 0 Å². The Kier molecular flexibility index (Phi) is 3.91. The summed E-state index contributed by atoms with van der Waals surface area (Å²) in [5.74, 6) is 2.17. The van der Waals surface area contributed by atoms with Gasteiger partial charge in [0, 0.05) is 37.9 Å². The zero-order valence-corrected chi connectivity index (χ0v) is 10.4. The summed E-state index contributed by atoms with van der Waals surface area (Å²) in [4.78, 5) is 10.8. The van der Waals surface area contributed by atoms with E-state index in [-0.39, 0.29) is 6.61 Å². The van der Waals surface area contributed by atoms with Gasteiger partial charge in [-0.2, -0.15) is 0 Å². The molecular weight excluding hydrogens is 218 g/mol. The highest BCUT2D eigenvalue weighted by molar-refractivity contribution is 5.46. The topological polar surface area (TPSA) is 58.5 Å². The van der Waals surface area contributed by atoms with Crippen LogP contribution in [0.15, 0.2) is 6.20 Å². The molecule has 1 fully saturated rings. The Morgan fingerprint density at radius 3 is 3.12 bits per heavy atom. The highest BCUT2D eigenvalue weighted by atomic mass is 16.5. The second-order valence-corrected chi connectivity index (χ2v) is 4.48. The molecule has 5 nitrogen and oxygen atoms in total. The fourth-order valence-electron chi connectivity index (χ4n) is 2.27. The van der Waals surface area contributed by atoms with Crippen molar-refractivity contribution in [3.8, 4) is 0 Å². The molecule has 1 N–H and O–H groups in total. The number of methoxy groups -OCH3 is 1. The molecule has 2 heterocycles. The van der Waals surface area contributed by atoms with Gasteiger partial charge in [-0.15, -0.1) is 0 Å². The molecule has 0 bridgehead atoms. The van der Waals surface area contributed by atoms with Crippen molar-refractivity contribution in [2.24, 2.45) is 5.92 Å². The van der Waals surface area contributed by atoms with Crippen LogP contribution in [-0.2, 0) is 11.3 Å². The lowest BCUT2D eigenvalue weighted by molar-refractivity contribution is 0.161. The van der Waals surface area contributed by atoms with E-state index in [0.29, 0.717) is 5.92 Å². The molecule has 0 saturated carbocycles. The second-order valence-electron chi connectivity index (χ2n) is 4.48. The highest BCUT2D eigenvalue weighted by Gasteiger charge is 2.25. The van der Waals surface area contributed by atoms with E-state index in [4.69, 9.17) is 4.74 Å². The van der Waals surface area contributed by atoms with Gasteiger partial charge in [0.2, 0.25) is 0 Å². The maximum absolute atomic E-state index is 9.31. The van der Waals surface area contributed by atoms with Crippen LogP contribution in [0.25, 0.3) is 0 Å². The van der Waals surface area contributed by atoms with Gasteiger partial charge in [-0.25, -0.2) is 9.97 Å². The quantitative estimate of drug-likeness (QED) is 0.837. The summed E-state index contributed by atoms with van der Waals surface area (Å²) >= 11 is 0. The van der Waals surface area contributed by atoms with Crippen LogP contribution in [0.4, 0.5) is 5.82 Å². The van der Waals surface area contributed by atoms with Crippen LogP contribution < -0.4 is 4.90 Å². The molecule has 2 rings (SSSR count). The third-order valence-corrected chi connectivity index (χ3v) is 3.12. The van der Waals surface area contributed by atoms with Crippen molar-refractivity contribution in [1.82, 2.24) is 9.97 Å². The zero-order chi connectivity index (χ0) is 12.3. The van der Waals surface area contributed by atoms with Gasteiger partial charge in [0.1, 0.15) is 11.6 Å². The van der Waals surface area contributed by atoms with Crippen molar-refractivity contribution in [3.63, 3.8) is 0 Å². The van der Waals surface area contributed by atoms with Crippen molar-refractivity contribution in [1.29, 1.82) is 0 Å². The monoisotopic (exact) mass is 237 g/mol. The molecule has 0 aliphatic carbocycles. The summed E-state index contributed by atoms with van der Waals surface area (Å²) in [7, 11) is 1.73. The molecule has 1 aromatic rings. The van der Waals surface area contributed by atoms with Gasteiger partial charge < -0.3 is 14.7 Å². The fourth-order valence-corrected chi connectivity index (χ4v) is 2.27. The van der Waals surface area contributed by atoms with Crippen molar-refractivity contribution in [2.45, 2.75) is 20.0 Å². The number of ether oxygens (including phenoxy) is 1. The van der Waals surface area contributed by atoms with Gasteiger partial charge in [0.25, 0.3) is 0 Å². The zero-order valence-electron chi connectivity index (χ0n) is 10.4. The number of rotatable bonds is 4. The summed E-state index contributed by atoms with van der Waals surface area (Å²) in [6, 6.07) is 0. The summed E-state index contributed by atoms with van der Waals surface area (Å²) in [5, 5.41) is 9.31. The summed E-state index contributed by atoms with van der Waals surface area (Å²) in [6.45, 7) is 4.55. The molecule has 1 aromatic heterocycles. The van der Waals surface area contributed by atoms with Gasteiger partial charge in [-0.3, -0.25) is 0 Å². The van der Waals surface area contributed by atoms with Crippen LogP contribution in [0.1, 0.15) is 17.8 Å². The van der Waals surface area contributed by atoms with Gasteiger partial charge in [-0.05, 0) is 13.3 Å². The first kappa shape index (κ1) is 12.3. The standard InChI is InChI=1S/C12H19N3O2/c1-9-13-5-11(7-16)12(14-9)15-4-3-10(6-15)8-17-2/h5,10,16H,3-4,6-8H2,1-2H3. The molecule has 94 valence electrons. The van der Waals surface area contributed by atoms with Crippen LogP contribution in [0.2, 0.25) is 0 Å². The summed E-state index contributed by atoms with van der Waals surface area (Å²) in [6.07, 6.45) is 2.82. The Morgan fingerprint density at radius 2 is 2.41 bits per heavy atom. The van der Waals surface area contributed by atoms with E-state index in [2.05, 4.69) is 14.9 Å². The van der Waals surface area contributed by atoms with E-state index in [1.54, 1.807) is 13.3 Å². The van der Waals surface area contributed by atoms with Crippen molar-refractivity contribution in [3.05, 3.63) is 17.6 Å². The smallest absolute Gasteiger partial charge is 0.137 e. The second kappa shape index (κ2) is 5.42. The van der Waals surface area contributed by atoms with E-state index in [1.165, 1.54) is 0 Å². The molecule has 0 aromatic carbocycles. The first-order valence-corrected chi connectivity index (χ1v) is 5.92. The van der Waals surface area contributed by atoms with Gasteiger partial charge in [-0.1, -0.05) is 0 Å². The lowest BCUT2D eigenvalue weighted by atomic mass is 10.1. The average molecular weight is 237 g/mol. The number of aromatic nitrogens is 2. The lowest BCUT2D eigenvalue weighted by Crippen LogP contribution is -2.24. The molecule has 0 spiro atoms. The molecule has 1 saturated heterocycles. The van der Waals surface area contributed by atoms with Crippen molar-refractivity contribution >= 4 is 5.82 Å². The van der Waals surface area contributed by atoms with E-state index in [1.807, 2.05) is 6.92 Å². The number of aliphatic hydroxyl groups excluding tert-OH is 1. The first-order chi connectivity index (χ1) is 8.24. The predicted molar refractivity (Wildman–Crippen MR) is 64.9 cm³/mol. The average Bonchev–Trinajstić information content (AvgIpc) is 2.78. The Balaban J connectivity index is 2.14. The Bertz CT molecular complexity index is 384. The number of aryl methyl sites for hydroxylation is 1. The molecule has 17 heavy (non-hydrogen) atoms. The van der Waals surface area contributed by atoms with Crippen molar-refractivity contribution < 1.29 is 9.84 Å². The molecular formula is C12H19N3O2. The lowest BCUT2D eigenvalue weighted by Gasteiger charge is -2.20. The maximum Gasteiger partial charge on any atom is 0.137 e. The minimum Gasteiger partial charge on any atom is -0.391 e. The Labute approximate surface area is 101 Å². The molecule has 0 amide bonds. The van der Waals surface area contributed by atoms with Crippen LogP contribution in [0.3, 0.4) is 0 Å². The first-order valence-electron chi connectivity index (χ1n) is 5.92. The molecule has 1 unspecified atom stereocenters. The summed E-state index contributed by atoms with van der Waals surface area (Å²) in [5.41, 5.74) is 0.800. The molecule has 5 heteroatoms. The van der Waals surface area contributed by atoms with Crippen LogP contribution >= 0.6 is 0 Å². The highest BCUT2D eigenvalue weighted by Crippen LogP contribution is 2.25. The van der Waals surface area contributed by atoms with Gasteiger partial charge >= 0.3 is 0 Å². The van der Waals surface area contributed by atoms with Crippen molar-refractivity contribution in [2.75, 3.05) is 31.7 Å². The molecule has 1 aliphatic rings. The maximum atomic E-state index is 9.31. The molecule has 1 atom stereocenters. The van der Waals surface area contributed by atoms with E-state index < -0.39 is 0 Å². The fraction of sp³-hybridized carbons (Fsp3) is 0.667.